The molecule has 1 atom stereocenters. The van der Waals surface area contributed by atoms with Crippen molar-refractivity contribution >= 4 is 0 Å². The fourth-order valence-electron chi connectivity index (χ4n) is 3.32. The number of aryl methyl sites for hydroxylation is 1. The molecule has 0 radical (unpaired) electrons. The summed E-state index contributed by atoms with van der Waals surface area (Å²) in [4.78, 5) is 6.94. The third kappa shape index (κ3) is 2.43. The van der Waals surface area contributed by atoms with Crippen molar-refractivity contribution in [3.63, 3.8) is 0 Å². The van der Waals surface area contributed by atoms with Gasteiger partial charge >= 0.3 is 0 Å². The molecule has 1 spiro atoms. The monoisotopic (exact) mass is 246 g/mol. The normalized spacial score (nSPS) is 28.9. The van der Waals surface area contributed by atoms with Crippen LogP contribution in [-0.4, -0.2) is 36.2 Å². The molecule has 3 rings (SSSR count). The molecule has 1 aromatic heterocycles. The third-order valence-electron chi connectivity index (χ3n) is 4.43. The summed E-state index contributed by atoms with van der Waals surface area (Å²) in [5.74, 6) is 0. The zero-order valence-electron chi connectivity index (χ0n) is 11.2. The second-order valence-electron chi connectivity index (χ2n) is 5.86. The van der Waals surface area contributed by atoms with Crippen molar-refractivity contribution in [3.05, 3.63) is 29.6 Å². The van der Waals surface area contributed by atoms with Crippen LogP contribution in [0.15, 0.2) is 18.3 Å². The summed E-state index contributed by atoms with van der Waals surface area (Å²) in [5, 5.41) is 0. The molecule has 3 heteroatoms. The van der Waals surface area contributed by atoms with Crippen LogP contribution in [0.4, 0.5) is 0 Å². The van der Waals surface area contributed by atoms with E-state index in [-0.39, 0.29) is 0 Å². The van der Waals surface area contributed by atoms with Gasteiger partial charge in [-0.25, -0.2) is 0 Å². The lowest BCUT2D eigenvalue weighted by molar-refractivity contribution is -0.00249. The molecule has 0 N–H and O–H groups in total. The summed E-state index contributed by atoms with van der Waals surface area (Å²) in [6.07, 6.45) is 5.75. The number of likely N-dealkylation sites (tertiary alicyclic amines) is 1. The minimum Gasteiger partial charge on any atom is -0.381 e. The van der Waals surface area contributed by atoms with Crippen molar-refractivity contribution in [3.8, 4) is 0 Å². The van der Waals surface area contributed by atoms with Crippen LogP contribution in [0.5, 0.6) is 0 Å². The van der Waals surface area contributed by atoms with Gasteiger partial charge < -0.3 is 4.74 Å². The number of ether oxygens (including phenoxy) is 1. The maximum Gasteiger partial charge on any atom is 0.0535 e. The molecule has 18 heavy (non-hydrogen) atoms. The van der Waals surface area contributed by atoms with E-state index in [1.165, 1.54) is 43.6 Å². The summed E-state index contributed by atoms with van der Waals surface area (Å²) < 4.78 is 5.69. The molecule has 2 aliphatic heterocycles. The Balaban J connectivity index is 1.64. The molecular weight excluding hydrogens is 224 g/mol. The van der Waals surface area contributed by atoms with Crippen LogP contribution in [0, 0.1) is 12.3 Å². The first-order valence-electron chi connectivity index (χ1n) is 6.98. The first-order valence-corrected chi connectivity index (χ1v) is 6.98. The Hall–Kier alpha value is -0.930. The first kappa shape index (κ1) is 12.1. The zero-order valence-corrected chi connectivity index (χ0v) is 11.2. The van der Waals surface area contributed by atoms with Gasteiger partial charge in [0.25, 0.3) is 0 Å². The molecule has 98 valence electrons. The van der Waals surface area contributed by atoms with Gasteiger partial charge in [-0.2, -0.15) is 0 Å². The van der Waals surface area contributed by atoms with Gasteiger partial charge in [-0.05, 0) is 44.4 Å². The summed E-state index contributed by atoms with van der Waals surface area (Å²) in [5.41, 5.74) is 2.98. The Morgan fingerprint density at radius 1 is 1.44 bits per heavy atom. The zero-order chi connectivity index (χ0) is 12.4. The van der Waals surface area contributed by atoms with Crippen LogP contribution >= 0.6 is 0 Å². The lowest BCUT2D eigenvalue weighted by Gasteiger charge is -2.33. The summed E-state index contributed by atoms with van der Waals surface area (Å²) in [7, 11) is 0. The molecule has 3 nitrogen and oxygen atoms in total. The van der Waals surface area contributed by atoms with E-state index in [9.17, 15) is 0 Å². The Kier molecular flexibility index (Phi) is 3.35. The topological polar surface area (TPSA) is 25.4 Å². The van der Waals surface area contributed by atoms with Crippen molar-refractivity contribution in [1.82, 2.24) is 9.88 Å². The summed E-state index contributed by atoms with van der Waals surface area (Å²) in [6, 6.07) is 4.24. The van der Waals surface area contributed by atoms with Gasteiger partial charge in [-0.15, -0.1) is 0 Å². The number of pyridine rings is 1. The SMILES string of the molecule is Cc1ncccc1CN1CCC2(CCCOC2)C1. The second-order valence-corrected chi connectivity index (χ2v) is 5.86. The van der Waals surface area contributed by atoms with Gasteiger partial charge in [-0.1, -0.05) is 6.07 Å². The molecule has 3 heterocycles. The molecule has 0 amide bonds. The lowest BCUT2D eigenvalue weighted by Crippen LogP contribution is -2.34. The van der Waals surface area contributed by atoms with E-state index < -0.39 is 0 Å². The lowest BCUT2D eigenvalue weighted by atomic mass is 9.82. The molecule has 0 aliphatic carbocycles. The van der Waals surface area contributed by atoms with Crippen LogP contribution < -0.4 is 0 Å². The highest BCUT2D eigenvalue weighted by atomic mass is 16.5. The quantitative estimate of drug-likeness (QED) is 0.801. The van der Waals surface area contributed by atoms with E-state index in [0.29, 0.717) is 5.41 Å². The van der Waals surface area contributed by atoms with Gasteiger partial charge in [-0.3, -0.25) is 9.88 Å². The number of hydrogen-bond acceptors (Lipinski definition) is 3. The highest BCUT2D eigenvalue weighted by molar-refractivity contribution is 5.18. The molecule has 2 aliphatic rings. The van der Waals surface area contributed by atoms with Crippen LogP contribution in [0.25, 0.3) is 0 Å². The molecular formula is C15H22N2O. The largest absolute Gasteiger partial charge is 0.381 e. The molecule has 2 saturated heterocycles. The van der Waals surface area contributed by atoms with Crippen molar-refractivity contribution in [1.29, 1.82) is 0 Å². The van der Waals surface area contributed by atoms with Gasteiger partial charge in [0.2, 0.25) is 0 Å². The highest BCUT2D eigenvalue weighted by Gasteiger charge is 2.39. The van der Waals surface area contributed by atoms with Crippen LogP contribution in [0.2, 0.25) is 0 Å². The molecule has 0 aromatic carbocycles. The number of aromatic nitrogens is 1. The van der Waals surface area contributed by atoms with Crippen molar-refractivity contribution < 1.29 is 4.74 Å². The minimum absolute atomic E-state index is 0.453. The van der Waals surface area contributed by atoms with Crippen LogP contribution in [0.1, 0.15) is 30.5 Å². The molecule has 1 aromatic rings. The minimum atomic E-state index is 0.453. The predicted octanol–water partition coefficient (Wildman–Crippen LogP) is 2.39. The van der Waals surface area contributed by atoms with Crippen LogP contribution in [-0.2, 0) is 11.3 Å². The van der Waals surface area contributed by atoms with E-state index in [1.807, 2.05) is 12.3 Å². The van der Waals surface area contributed by atoms with Gasteiger partial charge in [0.1, 0.15) is 0 Å². The molecule has 2 fully saturated rings. The number of nitrogens with zero attached hydrogens (tertiary/aromatic N) is 2. The van der Waals surface area contributed by atoms with Gasteiger partial charge in [0.15, 0.2) is 0 Å². The second kappa shape index (κ2) is 4.98. The van der Waals surface area contributed by atoms with E-state index in [1.54, 1.807) is 0 Å². The highest BCUT2D eigenvalue weighted by Crippen LogP contribution is 2.38. The van der Waals surface area contributed by atoms with Crippen molar-refractivity contribution in [2.24, 2.45) is 5.41 Å². The Morgan fingerprint density at radius 3 is 3.17 bits per heavy atom. The van der Waals surface area contributed by atoms with E-state index in [4.69, 9.17) is 4.74 Å². The summed E-state index contributed by atoms with van der Waals surface area (Å²) in [6.45, 7) is 7.48. The fraction of sp³-hybridized carbons (Fsp3) is 0.667. The van der Waals surface area contributed by atoms with Gasteiger partial charge in [0.05, 0.1) is 6.61 Å². The average Bonchev–Trinajstić information content (AvgIpc) is 2.76. The molecule has 0 saturated carbocycles. The van der Waals surface area contributed by atoms with Crippen molar-refractivity contribution in [2.45, 2.75) is 32.7 Å². The Bertz CT molecular complexity index is 413. The number of rotatable bonds is 2. The predicted molar refractivity (Wildman–Crippen MR) is 71.4 cm³/mol. The van der Waals surface area contributed by atoms with Crippen molar-refractivity contribution in [2.75, 3.05) is 26.3 Å². The van der Waals surface area contributed by atoms with E-state index in [2.05, 4.69) is 22.9 Å². The summed E-state index contributed by atoms with van der Waals surface area (Å²) >= 11 is 0. The molecule has 1 unspecified atom stereocenters. The first-order chi connectivity index (χ1) is 8.77. The van der Waals surface area contributed by atoms with E-state index >= 15 is 0 Å². The maximum absolute atomic E-state index is 5.69. The Labute approximate surface area is 109 Å². The average molecular weight is 246 g/mol. The standard InChI is InChI=1S/C15H22N2O/c1-13-14(4-2-7-16-13)10-17-8-6-15(11-17)5-3-9-18-12-15/h2,4,7H,3,5-6,8-12H2,1H3. The maximum atomic E-state index is 5.69. The fourth-order valence-corrected chi connectivity index (χ4v) is 3.32. The Morgan fingerprint density at radius 2 is 2.39 bits per heavy atom. The smallest absolute Gasteiger partial charge is 0.0535 e. The van der Waals surface area contributed by atoms with Gasteiger partial charge in [0, 0.05) is 37.0 Å². The van der Waals surface area contributed by atoms with Crippen LogP contribution in [0.3, 0.4) is 0 Å². The third-order valence-corrected chi connectivity index (χ3v) is 4.43. The molecule has 0 bridgehead atoms. The number of hydrogen-bond donors (Lipinski definition) is 0. The van der Waals surface area contributed by atoms with E-state index in [0.717, 1.165) is 19.8 Å².